The number of amides is 1. The molecule has 0 atom stereocenters. The van der Waals surface area contributed by atoms with E-state index >= 15 is 0 Å². The Labute approximate surface area is 196 Å². The van der Waals surface area contributed by atoms with Crippen molar-refractivity contribution in [2.75, 3.05) is 31.1 Å². The summed E-state index contributed by atoms with van der Waals surface area (Å²) < 4.78 is 1.79. The van der Waals surface area contributed by atoms with Crippen molar-refractivity contribution in [3.05, 3.63) is 89.4 Å². The van der Waals surface area contributed by atoms with E-state index in [0.29, 0.717) is 24.2 Å². The Morgan fingerprint density at radius 2 is 1.73 bits per heavy atom. The van der Waals surface area contributed by atoms with Crippen LogP contribution in [-0.2, 0) is 0 Å². The molecule has 2 aromatic carbocycles. The van der Waals surface area contributed by atoms with Gasteiger partial charge in [-0.05, 0) is 54.3 Å². The van der Waals surface area contributed by atoms with Crippen LogP contribution in [0.25, 0.3) is 16.3 Å². The fraction of sp³-hybridized carbons (Fsp3) is 0.192. The Bertz CT molecular complexity index is 1270. The third-order valence-corrected chi connectivity index (χ3v) is 6.74. The molecule has 1 saturated heterocycles. The predicted molar refractivity (Wildman–Crippen MR) is 131 cm³/mol. The average Bonchev–Trinajstić information content (AvgIpc) is 3.49. The van der Waals surface area contributed by atoms with Crippen molar-refractivity contribution in [2.24, 2.45) is 0 Å². The maximum absolute atomic E-state index is 13.7. The SMILES string of the molecule is N#Cc1ccc(N2CCCN(C(=O)c3cn(-c4ccccc4)nc3-c3cccs3)CC2)cc1. The van der Waals surface area contributed by atoms with Crippen LogP contribution in [0.3, 0.4) is 0 Å². The normalized spacial score (nSPS) is 14.0. The zero-order valence-electron chi connectivity index (χ0n) is 18.1. The number of carbonyl (C=O) groups is 1. The maximum atomic E-state index is 13.7. The summed E-state index contributed by atoms with van der Waals surface area (Å²) in [6, 6.07) is 23.7. The Morgan fingerprint density at radius 1 is 0.909 bits per heavy atom. The van der Waals surface area contributed by atoms with Crippen LogP contribution in [0.15, 0.2) is 78.3 Å². The fourth-order valence-electron chi connectivity index (χ4n) is 4.13. The summed E-state index contributed by atoms with van der Waals surface area (Å²) in [6.07, 6.45) is 2.74. The number of benzene rings is 2. The Hall–Kier alpha value is -3.89. The van der Waals surface area contributed by atoms with Crippen molar-refractivity contribution >= 4 is 22.9 Å². The largest absolute Gasteiger partial charge is 0.370 e. The number of carbonyl (C=O) groups excluding carboxylic acids is 1. The zero-order valence-corrected chi connectivity index (χ0v) is 18.9. The van der Waals surface area contributed by atoms with E-state index in [2.05, 4.69) is 11.0 Å². The van der Waals surface area contributed by atoms with Crippen LogP contribution in [0, 0.1) is 11.3 Å². The molecule has 5 rings (SSSR count). The van der Waals surface area contributed by atoms with Crippen LogP contribution in [0.4, 0.5) is 5.69 Å². The van der Waals surface area contributed by atoms with Crippen molar-refractivity contribution in [3.63, 3.8) is 0 Å². The van der Waals surface area contributed by atoms with E-state index < -0.39 is 0 Å². The van der Waals surface area contributed by atoms with E-state index in [9.17, 15) is 4.79 Å². The second-order valence-electron chi connectivity index (χ2n) is 7.94. The standard InChI is InChI=1S/C26H23N5OS/c27-18-20-9-11-21(12-10-20)29-13-5-14-30(16-15-29)26(32)23-19-31(22-6-2-1-3-7-22)28-25(23)24-8-4-17-33-24/h1-4,6-12,17,19H,5,13-16H2. The molecule has 1 aliphatic heterocycles. The minimum absolute atomic E-state index is 0.0160. The van der Waals surface area contributed by atoms with Gasteiger partial charge in [0.2, 0.25) is 0 Å². The number of rotatable bonds is 4. The van der Waals surface area contributed by atoms with Gasteiger partial charge in [0.1, 0.15) is 5.69 Å². The smallest absolute Gasteiger partial charge is 0.257 e. The van der Waals surface area contributed by atoms with Gasteiger partial charge in [0.15, 0.2) is 0 Å². The molecule has 4 aromatic rings. The van der Waals surface area contributed by atoms with Gasteiger partial charge in [0.05, 0.1) is 27.8 Å². The summed E-state index contributed by atoms with van der Waals surface area (Å²) in [4.78, 5) is 18.9. The number of thiophene rings is 1. The Balaban J connectivity index is 1.39. The molecular formula is C26H23N5OS. The molecule has 33 heavy (non-hydrogen) atoms. The average molecular weight is 454 g/mol. The number of nitriles is 1. The van der Waals surface area contributed by atoms with Crippen LogP contribution in [0.1, 0.15) is 22.3 Å². The lowest BCUT2D eigenvalue weighted by Gasteiger charge is -2.23. The molecule has 7 heteroatoms. The van der Waals surface area contributed by atoms with Gasteiger partial charge in [-0.15, -0.1) is 11.3 Å². The maximum Gasteiger partial charge on any atom is 0.257 e. The molecule has 0 aliphatic carbocycles. The Kier molecular flexibility index (Phi) is 5.92. The lowest BCUT2D eigenvalue weighted by molar-refractivity contribution is 0.0768. The molecule has 1 aliphatic rings. The number of nitrogens with zero attached hydrogens (tertiary/aromatic N) is 5. The molecular weight excluding hydrogens is 430 g/mol. The first-order valence-electron chi connectivity index (χ1n) is 11.0. The molecule has 164 valence electrons. The molecule has 0 N–H and O–H groups in total. The minimum Gasteiger partial charge on any atom is -0.370 e. The summed E-state index contributed by atoms with van der Waals surface area (Å²) in [7, 11) is 0. The van der Waals surface area contributed by atoms with E-state index in [1.165, 1.54) is 0 Å². The van der Waals surface area contributed by atoms with Gasteiger partial charge < -0.3 is 9.80 Å². The van der Waals surface area contributed by atoms with Gasteiger partial charge in [0, 0.05) is 38.1 Å². The van der Waals surface area contributed by atoms with Gasteiger partial charge in [-0.25, -0.2) is 4.68 Å². The number of aromatic nitrogens is 2. The van der Waals surface area contributed by atoms with Crippen LogP contribution in [0.2, 0.25) is 0 Å². The van der Waals surface area contributed by atoms with Crippen LogP contribution >= 0.6 is 11.3 Å². The molecule has 0 bridgehead atoms. The highest BCUT2D eigenvalue weighted by Crippen LogP contribution is 2.29. The van der Waals surface area contributed by atoms with E-state index in [1.54, 1.807) is 16.0 Å². The van der Waals surface area contributed by atoms with Crippen molar-refractivity contribution in [2.45, 2.75) is 6.42 Å². The third kappa shape index (κ3) is 4.38. The summed E-state index contributed by atoms with van der Waals surface area (Å²) in [5.74, 6) is 0.0160. The van der Waals surface area contributed by atoms with Crippen molar-refractivity contribution in [1.82, 2.24) is 14.7 Å². The first kappa shape index (κ1) is 21.0. The zero-order chi connectivity index (χ0) is 22.6. The summed E-state index contributed by atoms with van der Waals surface area (Å²) in [5, 5.41) is 15.8. The van der Waals surface area contributed by atoms with Gasteiger partial charge in [0.25, 0.3) is 5.91 Å². The van der Waals surface area contributed by atoms with E-state index in [1.807, 2.05) is 83.2 Å². The van der Waals surface area contributed by atoms with E-state index in [-0.39, 0.29) is 5.91 Å². The lowest BCUT2D eigenvalue weighted by atomic mass is 10.2. The third-order valence-electron chi connectivity index (χ3n) is 5.86. The first-order valence-corrected chi connectivity index (χ1v) is 11.8. The highest BCUT2D eigenvalue weighted by molar-refractivity contribution is 7.13. The molecule has 6 nitrogen and oxygen atoms in total. The molecule has 0 unspecified atom stereocenters. The molecule has 0 radical (unpaired) electrons. The number of hydrogen-bond acceptors (Lipinski definition) is 5. The van der Waals surface area contributed by atoms with Gasteiger partial charge in [-0.3, -0.25) is 4.79 Å². The monoisotopic (exact) mass is 453 g/mol. The van der Waals surface area contributed by atoms with Crippen LogP contribution in [-0.4, -0.2) is 46.8 Å². The highest BCUT2D eigenvalue weighted by Gasteiger charge is 2.26. The molecule has 0 saturated carbocycles. The lowest BCUT2D eigenvalue weighted by Crippen LogP contribution is -2.35. The van der Waals surface area contributed by atoms with Crippen molar-refractivity contribution in [1.29, 1.82) is 5.26 Å². The van der Waals surface area contributed by atoms with Crippen LogP contribution in [0.5, 0.6) is 0 Å². The van der Waals surface area contributed by atoms with Gasteiger partial charge in [-0.2, -0.15) is 10.4 Å². The summed E-state index contributed by atoms with van der Waals surface area (Å²) in [5.41, 5.74) is 4.03. The number of para-hydroxylation sites is 1. The molecule has 1 fully saturated rings. The number of hydrogen-bond donors (Lipinski definition) is 0. The Morgan fingerprint density at radius 3 is 2.45 bits per heavy atom. The second-order valence-corrected chi connectivity index (χ2v) is 8.89. The number of anilines is 1. The summed E-state index contributed by atoms with van der Waals surface area (Å²) in [6.45, 7) is 2.96. The fourth-order valence-corrected chi connectivity index (χ4v) is 4.86. The predicted octanol–water partition coefficient (Wildman–Crippen LogP) is 4.82. The first-order chi connectivity index (χ1) is 16.2. The molecule has 1 amide bonds. The summed E-state index contributed by atoms with van der Waals surface area (Å²) >= 11 is 1.59. The topological polar surface area (TPSA) is 65.2 Å². The van der Waals surface area contributed by atoms with Gasteiger partial charge >= 0.3 is 0 Å². The quantitative estimate of drug-likeness (QED) is 0.444. The minimum atomic E-state index is 0.0160. The molecule has 2 aromatic heterocycles. The van der Waals surface area contributed by atoms with Crippen molar-refractivity contribution in [3.8, 4) is 22.3 Å². The molecule has 3 heterocycles. The highest BCUT2D eigenvalue weighted by atomic mass is 32.1. The second kappa shape index (κ2) is 9.31. The van der Waals surface area contributed by atoms with Crippen molar-refractivity contribution < 1.29 is 4.79 Å². The van der Waals surface area contributed by atoms with E-state index in [4.69, 9.17) is 10.4 Å². The van der Waals surface area contributed by atoms with E-state index in [0.717, 1.165) is 41.5 Å². The van der Waals surface area contributed by atoms with Gasteiger partial charge in [-0.1, -0.05) is 24.3 Å². The molecule has 0 spiro atoms. The van der Waals surface area contributed by atoms with Crippen LogP contribution < -0.4 is 4.90 Å².